The van der Waals surface area contributed by atoms with Crippen molar-refractivity contribution in [3.05, 3.63) is 70.8 Å². The smallest absolute Gasteiger partial charge is 0.246 e. The summed E-state index contributed by atoms with van der Waals surface area (Å²) in [4.78, 5) is 86.6. The van der Waals surface area contributed by atoms with Crippen LogP contribution in [0.1, 0.15) is 138 Å². The third-order valence-corrected chi connectivity index (χ3v) is 16.6. The van der Waals surface area contributed by atoms with Gasteiger partial charge in [0.25, 0.3) is 0 Å². The lowest BCUT2D eigenvalue weighted by Crippen LogP contribution is -2.58. The number of nitrogens with zero attached hydrogens (tertiary/aromatic N) is 2. The molecule has 0 bridgehead atoms. The number of fused-ring (bicyclic) bond motifs is 2. The van der Waals surface area contributed by atoms with E-state index in [1.54, 1.807) is 37.7 Å². The fraction of sp³-hybridized carbons (Fsp3) is 0.621. The Balaban J connectivity index is 0.00000469. The number of hydrogen-bond acceptors (Lipinski definition) is 10. The molecule has 16 nitrogen and oxygen atoms in total. The van der Waals surface area contributed by atoms with Gasteiger partial charge in [0, 0.05) is 25.9 Å². The molecule has 6 amide bonds. The fourth-order valence-electron chi connectivity index (χ4n) is 12.2. The number of hydrogen-bond donors (Lipinski definition) is 6. The van der Waals surface area contributed by atoms with Crippen molar-refractivity contribution in [2.45, 2.75) is 177 Å². The molecule has 6 N–H and O–H groups in total. The Labute approximate surface area is 462 Å². The predicted molar refractivity (Wildman–Crippen MR) is 295 cm³/mol. The molecule has 8 rings (SSSR count). The van der Waals surface area contributed by atoms with E-state index in [1.165, 1.54) is 0 Å². The van der Waals surface area contributed by atoms with E-state index in [0.29, 0.717) is 51.6 Å². The molecule has 76 heavy (non-hydrogen) atoms. The van der Waals surface area contributed by atoms with Crippen LogP contribution in [0.4, 0.5) is 0 Å². The van der Waals surface area contributed by atoms with Gasteiger partial charge in [-0.05, 0) is 125 Å². The van der Waals surface area contributed by atoms with Gasteiger partial charge in [0.2, 0.25) is 35.4 Å². The zero-order valence-electron chi connectivity index (χ0n) is 44.7. The minimum Gasteiger partial charge on any atom is -0.363 e. The van der Waals surface area contributed by atoms with Crippen LogP contribution in [-0.2, 0) is 51.1 Å². The standard InChI is InChI=1S/C58H78N8O8.2ClH/c1-37(59-3)53(67)61-49(39-21-9-7-10-22-39)57(71)65-31-19-29-45(65)55(69)63-51-43-27-15-13-25-41(43)35-47(51)73-33-17-5-6-18-34-74-48-36-42-26-14-16-28-44(42)52(48)64-56(70)46-30-20-32-66(46)58(72)50(40-23-11-8-12-24-40)62-54(68)38(2)60-4;;/h13-16,25-28,37-40,45-52,59-60H,7-12,19-24,29-36H2,1-4H3,(H,61,67)(H,62,68)(H,63,69)(H,64,70);2*1H/t37-,38-,45-,46?,47+,48+,49-,50-,51-,52-;;/m0../s1. The molecular weight excluding hydrogens is 1010 g/mol. The molecule has 6 aliphatic rings. The molecule has 10 atom stereocenters. The molecule has 0 spiro atoms. The predicted octanol–water partition coefficient (Wildman–Crippen LogP) is 4.76. The van der Waals surface area contributed by atoms with Crippen molar-refractivity contribution in [2.24, 2.45) is 11.8 Å². The molecule has 4 fully saturated rings. The lowest BCUT2D eigenvalue weighted by atomic mass is 9.83. The molecule has 2 aromatic rings. The quantitative estimate of drug-likeness (QED) is 0.113. The van der Waals surface area contributed by atoms with Crippen LogP contribution in [0, 0.1) is 35.5 Å². The van der Waals surface area contributed by atoms with Crippen LogP contribution in [0.15, 0.2) is 48.5 Å². The molecule has 414 valence electrons. The molecule has 2 aliphatic heterocycles. The lowest BCUT2D eigenvalue weighted by molar-refractivity contribution is -0.143. The second-order valence-corrected chi connectivity index (χ2v) is 21.2. The number of carbonyl (C=O) groups excluding carboxylic acids is 6. The Morgan fingerprint density at radius 1 is 0.553 bits per heavy atom. The Morgan fingerprint density at radius 3 is 1.32 bits per heavy atom. The summed E-state index contributed by atoms with van der Waals surface area (Å²) in [5, 5.41) is 18.6. The minimum atomic E-state index is -0.679. The maximum atomic E-state index is 14.3. The van der Waals surface area contributed by atoms with Crippen LogP contribution in [0.25, 0.3) is 0 Å². The molecule has 1 unspecified atom stereocenters. The third kappa shape index (κ3) is 14.5. The number of ether oxygens (including phenoxy) is 2. The van der Waals surface area contributed by atoms with E-state index in [-0.39, 0.29) is 97.5 Å². The molecule has 18 heteroatoms. The highest BCUT2D eigenvalue weighted by Gasteiger charge is 2.45. The largest absolute Gasteiger partial charge is 0.363 e. The zero-order valence-corrected chi connectivity index (χ0v) is 46.3. The van der Waals surface area contributed by atoms with Gasteiger partial charge < -0.3 is 51.2 Å². The summed E-state index contributed by atoms with van der Waals surface area (Å²) in [6, 6.07) is 11.5. The number of likely N-dealkylation sites (N-methyl/N-ethyl adjacent to an activating group) is 2. The molecule has 2 aromatic carbocycles. The van der Waals surface area contributed by atoms with Crippen LogP contribution < -0.4 is 31.9 Å². The SMILES string of the molecule is CN[C@@H](C)C(=O)N[C@H](C(=O)N1CCCC1C(=O)N[C@H]1c2ccccc2C[C@H]1OCC#CC#CCO[C@@H]1Cc2ccccc2[C@@H]1NC(=O)[C@@H]1CCCN1C(=O)[C@@H](NC(=O)[C@H](C)NC)C1CCCCC1)C1CCCCC1.Cl.Cl. The number of amides is 6. The van der Waals surface area contributed by atoms with Gasteiger partial charge in [0.05, 0.1) is 36.4 Å². The van der Waals surface area contributed by atoms with E-state index in [0.717, 1.165) is 86.5 Å². The Bertz CT molecular complexity index is 2300. The Kier molecular flexibility index (Phi) is 22.9. The van der Waals surface area contributed by atoms with Gasteiger partial charge in [-0.25, -0.2) is 0 Å². The van der Waals surface area contributed by atoms with Crippen molar-refractivity contribution >= 4 is 60.3 Å². The molecule has 2 saturated heterocycles. The first-order valence-electron chi connectivity index (χ1n) is 27.5. The van der Waals surface area contributed by atoms with Gasteiger partial charge in [-0.1, -0.05) is 98.9 Å². The number of benzene rings is 2. The molecule has 2 heterocycles. The lowest BCUT2D eigenvalue weighted by Gasteiger charge is -2.35. The van der Waals surface area contributed by atoms with Crippen molar-refractivity contribution < 1.29 is 38.2 Å². The molecule has 2 saturated carbocycles. The summed E-state index contributed by atoms with van der Waals surface area (Å²) in [5.41, 5.74) is 4.10. The van der Waals surface area contributed by atoms with Gasteiger partial charge in [-0.2, -0.15) is 0 Å². The first-order valence-corrected chi connectivity index (χ1v) is 27.5. The van der Waals surface area contributed by atoms with Crippen molar-refractivity contribution in [2.75, 3.05) is 40.4 Å². The fourth-order valence-corrected chi connectivity index (χ4v) is 12.2. The van der Waals surface area contributed by atoms with Gasteiger partial charge in [-0.3, -0.25) is 28.8 Å². The molecule has 0 aromatic heterocycles. The first-order chi connectivity index (χ1) is 36.0. The Hall–Kier alpha value is -5.20. The van der Waals surface area contributed by atoms with E-state index in [4.69, 9.17) is 9.47 Å². The second kappa shape index (κ2) is 29.0. The maximum absolute atomic E-state index is 14.3. The van der Waals surface area contributed by atoms with Gasteiger partial charge in [0.15, 0.2) is 0 Å². The number of nitrogens with one attached hydrogen (secondary N) is 6. The highest BCUT2D eigenvalue weighted by atomic mass is 35.5. The molecule has 0 radical (unpaired) electrons. The summed E-state index contributed by atoms with van der Waals surface area (Å²) < 4.78 is 12.7. The van der Waals surface area contributed by atoms with Gasteiger partial charge >= 0.3 is 0 Å². The summed E-state index contributed by atoms with van der Waals surface area (Å²) in [7, 11) is 3.44. The number of likely N-dealkylation sites (tertiary alicyclic amines) is 2. The number of carbonyl (C=O) groups is 6. The monoisotopic (exact) mass is 1090 g/mol. The number of rotatable bonds is 18. The van der Waals surface area contributed by atoms with Gasteiger partial charge in [-0.15, -0.1) is 24.8 Å². The third-order valence-electron chi connectivity index (χ3n) is 16.6. The summed E-state index contributed by atoms with van der Waals surface area (Å²) in [6.45, 7) is 4.62. The minimum absolute atomic E-state index is 0. The first kappa shape index (κ1) is 60.0. The summed E-state index contributed by atoms with van der Waals surface area (Å²) in [5.74, 6) is 10.6. The molecular formula is C58H80Cl2N8O8. The van der Waals surface area contributed by atoms with Crippen molar-refractivity contribution in [1.29, 1.82) is 0 Å². The Morgan fingerprint density at radius 2 is 0.934 bits per heavy atom. The summed E-state index contributed by atoms with van der Waals surface area (Å²) in [6.07, 6.45) is 12.6. The molecule has 4 aliphatic carbocycles. The zero-order chi connectivity index (χ0) is 52.1. The maximum Gasteiger partial charge on any atom is 0.246 e. The van der Waals surface area contributed by atoms with Crippen LogP contribution in [0.3, 0.4) is 0 Å². The average molecular weight is 1090 g/mol. The van der Waals surface area contributed by atoms with E-state index in [2.05, 4.69) is 55.6 Å². The average Bonchev–Trinajstić information content (AvgIpc) is 4.27. The highest BCUT2D eigenvalue weighted by molar-refractivity contribution is 5.95. The van der Waals surface area contributed by atoms with Crippen LogP contribution in [0.5, 0.6) is 0 Å². The van der Waals surface area contributed by atoms with E-state index in [9.17, 15) is 28.8 Å². The van der Waals surface area contributed by atoms with Crippen molar-refractivity contribution in [3.63, 3.8) is 0 Å². The van der Waals surface area contributed by atoms with Crippen LogP contribution >= 0.6 is 24.8 Å². The van der Waals surface area contributed by atoms with Crippen LogP contribution in [-0.4, -0.2) is 134 Å². The van der Waals surface area contributed by atoms with Crippen molar-refractivity contribution in [1.82, 2.24) is 41.7 Å². The van der Waals surface area contributed by atoms with E-state index < -0.39 is 48.3 Å². The highest BCUT2D eigenvalue weighted by Crippen LogP contribution is 2.37. The topological polar surface area (TPSA) is 200 Å². The van der Waals surface area contributed by atoms with Crippen molar-refractivity contribution in [3.8, 4) is 23.7 Å². The van der Waals surface area contributed by atoms with E-state index in [1.807, 2.05) is 48.5 Å². The van der Waals surface area contributed by atoms with Gasteiger partial charge in [0.1, 0.15) is 37.4 Å². The summed E-state index contributed by atoms with van der Waals surface area (Å²) >= 11 is 0. The normalized spacial score (nSPS) is 24.5. The van der Waals surface area contributed by atoms with E-state index >= 15 is 0 Å². The second-order valence-electron chi connectivity index (χ2n) is 21.2. The van der Waals surface area contributed by atoms with Crippen LogP contribution in [0.2, 0.25) is 0 Å². The number of halogens is 2.